The van der Waals surface area contributed by atoms with E-state index in [4.69, 9.17) is 15.0 Å². The third kappa shape index (κ3) is 4.51. The van der Waals surface area contributed by atoms with Gasteiger partial charge in [-0.2, -0.15) is 0 Å². The van der Waals surface area contributed by atoms with Crippen LogP contribution in [0.15, 0.2) is 152 Å². The van der Waals surface area contributed by atoms with Crippen LogP contribution in [-0.2, 0) is 5.41 Å². The van der Waals surface area contributed by atoms with E-state index in [1.165, 1.54) is 70.3 Å². The van der Waals surface area contributed by atoms with Gasteiger partial charge in [0.2, 0.25) is 0 Å². The van der Waals surface area contributed by atoms with Gasteiger partial charge in [-0.05, 0) is 147 Å². The molecule has 1 aromatic heterocycles. The van der Waals surface area contributed by atoms with Crippen LogP contribution in [0.3, 0.4) is 0 Å². The highest BCUT2D eigenvalue weighted by atomic mass is 15.0. The lowest BCUT2D eigenvalue weighted by atomic mass is 9.43. The summed E-state index contributed by atoms with van der Waals surface area (Å²) in [4.78, 5) is 15.0. The summed E-state index contributed by atoms with van der Waals surface area (Å²) in [7, 11) is 0. The Morgan fingerprint density at radius 1 is 0.352 bits per heavy atom. The van der Waals surface area contributed by atoms with E-state index < -0.39 is 0 Å². The second-order valence-electron chi connectivity index (χ2n) is 16.5. The zero-order valence-electron chi connectivity index (χ0n) is 30.1. The molecule has 4 bridgehead atoms. The van der Waals surface area contributed by atoms with Gasteiger partial charge in [0.25, 0.3) is 0 Å². The highest BCUT2D eigenvalue weighted by Crippen LogP contribution is 2.69. The summed E-state index contributed by atoms with van der Waals surface area (Å²) in [6.07, 6.45) is 7.01. The molecule has 258 valence electrons. The number of fused-ring (bicyclic) bond motifs is 5. The summed E-state index contributed by atoms with van der Waals surface area (Å²) in [6, 6.07) is 55.4. The van der Waals surface area contributed by atoms with Crippen molar-refractivity contribution in [2.24, 2.45) is 23.7 Å². The van der Waals surface area contributed by atoms with Crippen molar-refractivity contribution in [3.8, 4) is 56.4 Å². The van der Waals surface area contributed by atoms with Gasteiger partial charge in [0.1, 0.15) is 0 Å². The van der Waals surface area contributed by atoms with Gasteiger partial charge in [-0.25, -0.2) is 15.0 Å². The first-order valence-corrected chi connectivity index (χ1v) is 19.8. The summed E-state index contributed by atoms with van der Waals surface area (Å²) in [5.74, 6) is 5.33. The average Bonchev–Trinajstić information content (AvgIpc) is 3.49. The zero-order valence-corrected chi connectivity index (χ0v) is 30.1. The molecule has 5 aliphatic carbocycles. The SMILES string of the molecule is c1ccc(-c2nc(-c3ccccc3)nc(-c3cccc(-c4ccc5cc6c(cc5c4)C4(c5cc7ccccc7cc5-6)C5CC6CC(C5)CC4C6)c3)n2)cc1. The normalized spacial score (nSPS) is 23.3. The Morgan fingerprint density at radius 2 is 0.815 bits per heavy atom. The van der Waals surface area contributed by atoms with Crippen molar-refractivity contribution in [3.63, 3.8) is 0 Å². The predicted octanol–water partition coefficient (Wildman–Crippen LogP) is 12.6. The summed E-state index contributed by atoms with van der Waals surface area (Å²) >= 11 is 0. The van der Waals surface area contributed by atoms with Crippen molar-refractivity contribution in [1.82, 2.24) is 15.0 Å². The maximum absolute atomic E-state index is 5.03. The monoisotopic (exact) mass is 693 g/mol. The van der Waals surface area contributed by atoms with Gasteiger partial charge in [0.15, 0.2) is 17.5 Å². The van der Waals surface area contributed by atoms with Gasteiger partial charge in [0, 0.05) is 22.1 Å². The molecular weight excluding hydrogens is 655 g/mol. The third-order valence-corrected chi connectivity index (χ3v) is 13.6. The van der Waals surface area contributed by atoms with Crippen molar-refractivity contribution < 1.29 is 0 Å². The molecule has 1 heterocycles. The Labute approximate surface area is 315 Å². The standard InChI is InChI=1S/C51H39N3/c1-3-10-33(11-4-1)48-52-49(34-12-5-2-6-13-34)54-50(53-48)40-17-9-16-35(25-40)38-18-19-39-28-45-44-27-36-14-7-8-15-37(36)29-46(44)51(47(45)30-41(39)26-38)42-21-31-20-32(23-42)24-43(51)22-31/h1-19,25-32,42-43H,20-24H2. The molecule has 5 aliphatic rings. The molecule has 0 amide bonds. The predicted molar refractivity (Wildman–Crippen MR) is 220 cm³/mol. The van der Waals surface area contributed by atoms with Crippen molar-refractivity contribution >= 4 is 21.5 Å². The molecule has 13 rings (SSSR count). The number of hydrogen-bond acceptors (Lipinski definition) is 3. The van der Waals surface area contributed by atoms with Crippen LogP contribution in [0.25, 0.3) is 78.0 Å². The molecule has 0 saturated heterocycles. The van der Waals surface area contributed by atoms with E-state index in [1.54, 1.807) is 11.1 Å². The molecule has 0 radical (unpaired) electrons. The molecule has 1 spiro atoms. The number of benzene rings is 7. The average molecular weight is 694 g/mol. The first kappa shape index (κ1) is 30.5. The fourth-order valence-electron chi connectivity index (χ4n) is 11.6. The summed E-state index contributed by atoms with van der Waals surface area (Å²) in [6.45, 7) is 0. The lowest BCUT2D eigenvalue weighted by Crippen LogP contribution is -2.55. The maximum Gasteiger partial charge on any atom is 0.164 e. The van der Waals surface area contributed by atoms with Crippen LogP contribution in [-0.4, -0.2) is 15.0 Å². The van der Waals surface area contributed by atoms with Crippen molar-refractivity contribution in [1.29, 1.82) is 0 Å². The second-order valence-corrected chi connectivity index (χ2v) is 16.5. The van der Waals surface area contributed by atoms with Gasteiger partial charge < -0.3 is 0 Å². The van der Waals surface area contributed by atoms with E-state index in [2.05, 4.69) is 115 Å². The lowest BCUT2D eigenvalue weighted by Gasteiger charge is -2.61. The van der Waals surface area contributed by atoms with E-state index in [-0.39, 0.29) is 5.41 Å². The molecule has 0 N–H and O–H groups in total. The molecule has 8 aromatic rings. The quantitative estimate of drug-likeness (QED) is 0.184. The fourth-order valence-corrected chi connectivity index (χ4v) is 11.6. The number of aromatic nitrogens is 3. The molecule has 0 unspecified atom stereocenters. The third-order valence-electron chi connectivity index (χ3n) is 13.6. The Kier molecular flexibility index (Phi) is 6.52. The van der Waals surface area contributed by atoms with Crippen LogP contribution in [0.2, 0.25) is 0 Å². The van der Waals surface area contributed by atoms with Crippen LogP contribution in [0.5, 0.6) is 0 Å². The van der Waals surface area contributed by atoms with E-state index in [1.807, 2.05) is 36.4 Å². The summed E-state index contributed by atoms with van der Waals surface area (Å²) in [5, 5.41) is 5.38. The van der Waals surface area contributed by atoms with Crippen LogP contribution in [0.4, 0.5) is 0 Å². The summed E-state index contributed by atoms with van der Waals surface area (Å²) in [5.41, 5.74) is 11.6. The first-order chi connectivity index (χ1) is 26.7. The molecule has 3 heteroatoms. The Bertz CT molecular complexity index is 2700. The highest BCUT2D eigenvalue weighted by Gasteiger charge is 2.61. The van der Waals surface area contributed by atoms with E-state index >= 15 is 0 Å². The molecule has 4 fully saturated rings. The van der Waals surface area contributed by atoms with Gasteiger partial charge in [-0.15, -0.1) is 0 Å². The van der Waals surface area contributed by atoms with Crippen LogP contribution in [0.1, 0.15) is 43.2 Å². The Hall–Kier alpha value is -5.93. The largest absolute Gasteiger partial charge is 0.208 e. The molecule has 4 saturated carbocycles. The van der Waals surface area contributed by atoms with Crippen molar-refractivity contribution in [3.05, 3.63) is 163 Å². The number of hydrogen-bond donors (Lipinski definition) is 0. The molecule has 0 aliphatic heterocycles. The van der Waals surface area contributed by atoms with E-state index in [0.717, 1.165) is 45.9 Å². The van der Waals surface area contributed by atoms with E-state index in [0.29, 0.717) is 17.5 Å². The number of nitrogens with zero attached hydrogens (tertiary/aromatic N) is 3. The van der Waals surface area contributed by atoms with E-state index in [9.17, 15) is 0 Å². The van der Waals surface area contributed by atoms with Crippen LogP contribution in [0, 0.1) is 23.7 Å². The molecule has 7 aromatic carbocycles. The smallest absolute Gasteiger partial charge is 0.164 e. The van der Waals surface area contributed by atoms with Crippen LogP contribution < -0.4 is 0 Å². The first-order valence-electron chi connectivity index (χ1n) is 19.8. The molecular formula is C51H39N3. The Balaban J connectivity index is 0.995. The Morgan fingerprint density at radius 3 is 1.43 bits per heavy atom. The topological polar surface area (TPSA) is 38.7 Å². The molecule has 0 atom stereocenters. The van der Waals surface area contributed by atoms with Gasteiger partial charge in [0.05, 0.1) is 0 Å². The second kappa shape index (κ2) is 11.5. The minimum Gasteiger partial charge on any atom is -0.208 e. The van der Waals surface area contributed by atoms with Gasteiger partial charge in [-0.3, -0.25) is 0 Å². The molecule has 54 heavy (non-hydrogen) atoms. The summed E-state index contributed by atoms with van der Waals surface area (Å²) < 4.78 is 0. The van der Waals surface area contributed by atoms with Crippen molar-refractivity contribution in [2.75, 3.05) is 0 Å². The van der Waals surface area contributed by atoms with Crippen LogP contribution >= 0.6 is 0 Å². The number of rotatable bonds is 4. The van der Waals surface area contributed by atoms with Gasteiger partial charge in [-0.1, -0.05) is 115 Å². The van der Waals surface area contributed by atoms with Gasteiger partial charge >= 0.3 is 0 Å². The fraction of sp³-hybridized carbons (Fsp3) is 0.196. The van der Waals surface area contributed by atoms with Crippen molar-refractivity contribution in [2.45, 2.75) is 37.5 Å². The zero-order chi connectivity index (χ0) is 35.4. The minimum absolute atomic E-state index is 0.123. The minimum atomic E-state index is 0.123. The lowest BCUT2D eigenvalue weighted by molar-refractivity contribution is -0.0398. The highest BCUT2D eigenvalue weighted by molar-refractivity contribution is 5.99. The maximum atomic E-state index is 5.03. The molecule has 3 nitrogen and oxygen atoms in total.